The highest BCUT2D eigenvalue weighted by Crippen LogP contribution is 2.11. The van der Waals surface area contributed by atoms with E-state index in [1.165, 1.54) is 19.1 Å². The number of imide groups is 1. The van der Waals surface area contributed by atoms with Crippen LogP contribution in [0.5, 0.6) is 0 Å². The van der Waals surface area contributed by atoms with Gasteiger partial charge < -0.3 is 25.8 Å². The van der Waals surface area contributed by atoms with E-state index >= 15 is 0 Å². The lowest BCUT2D eigenvalue weighted by Gasteiger charge is -2.17. The Hall–Kier alpha value is -4.55. The molecule has 0 bridgehead atoms. The predicted octanol–water partition coefficient (Wildman–Crippen LogP) is 0.249. The molecular formula is C25H30N4O9. The normalized spacial score (nSPS) is 13.1. The van der Waals surface area contributed by atoms with Crippen molar-refractivity contribution in [3.05, 3.63) is 42.0 Å². The highest BCUT2D eigenvalue weighted by Gasteiger charge is 2.24. The second-order valence-corrected chi connectivity index (χ2v) is 8.43. The lowest BCUT2D eigenvalue weighted by molar-refractivity contribution is -0.142. The summed E-state index contributed by atoms with van der Waals surface area (Å²) in [5.74, 6) is -4.42. The zero-order valence-corrected chi connectivity index (χ0v) is 20.9. The van der Waals surface area contributed by atoms with Crippen molar-refractivity contribution in [3.63, 3.8) is 0 Å². The lowest BCUT2D eigenvalue weighted by Crippen LogP contribution is -2.49. The fourth-order valence-corrected chi connectivity index (χ4v) is 3.40. The monoisotopic (exact) mass is 530 g/mol. The molecular weight excluding hydrogens is 500 g/mol. The minimum absolute atomic E-state index is 0.0114. The average molecular weight is 531 g/mol. The SMILES string of the molecule is CC(=O)OCc1ccc(NC(=O)CNC(=O)[C@H](CC(=O)O)NC(=O)CCCCCN2C(=O)C=CC2=O)cc1. The first-order chi connectivity index (χ1) is 18.0. The topological polar surface area (TPSA) is 188 Å². The Morgan fingerprint density at radius 3 is 2.21 bits per heavy atom. The van der Waals surface area contributed by atoms with Crippen molar-refractivity contribution in [3.8, 4) is 0 Å². The molecule has 1 aliphatic heterocycles. The van der Waals surface area contributed by atoms with Crippen LogP contribution in [0.25, 0.3) is 0 Å². The summed E-state index contributed by atoms with van der Waals surface area (Å²) in [7, 11) is 0. The van der Waals surface area contributed by atoms with Gasteiger partial charge in [-0.25, -0.2) is 0 Å². The van der Waals surface area contributed by atoms with E-state index in [1.807, 2.05) is 0 Å². The fraction of sp³-hybridized carbons (Fsp3) is 0.400. The van der Waals surface area contributed by atoms with E-state index in [2.05, 4.69) is 16.0 Å². The maximum Gasteiger partial charge on any atom is 0.305 e. The number of unbranched alkanes of at least 4 members (excludes halogenated alkanes) is 2. The van der Waals surface area contributed by atoms with Crippen LogP contribution in [0.2, 0.25) is 0 Å². The number of nitrogens with one attached hydrogen (secondary N) is 3. The van der Waals surface area contributed by atoms with Crippen LogP contribution < -0.4 is 16.0 Å². The average Bonchev–Trinajstić information content (AvgIpc) is 3.18. The van der Waals surface area contributed by atoms with Crippen molar-refractivity contribution in [2.24, 2.45) is 0 Å². The number of carboxylic acid groups (broad SMARTS) is 1. The first-order valence-electron chi connectivity index (χ1n) is 11.9. The zero-order chi connectivity index (χ0) is 28.1. The van der Waals surface area contributed by atoms with Crippen LogP contribution in [-0.4, -0.2) is 70.6 Å². The highest BCUT2D eigenvalue weighted by atomic mass is 16.5. The van der Waals surface area contributed by atoms with Crippen LogP contribution in [0.15, 0.2) is 36.4 Å². The number of carbonyl (C=O) groups excluding carboxylic acids is 6. The van der Waals surface area contributed by atoms with Gasteiger partial charge in [-0.15, -0.1) is 0 Å². The minimum atomic E-state index is -1.38. The zero-order valence-electron chi connectivity index (χ0n) is 20.9. The number of nitrogens with zero attached hydrogens (tertiary/aromatic N) is 1. The molecule has 204 valence electrons. The number of benzene rings is 1. The van der Waals surface area contributed by atoms with Crippen molar-refractivity contribution in [1.29, 1.82) is 0 Å². The summed E-state index contributed by atoms with van der Waals surface area (Å²) in [6, 6.07) is 5.10. The van der Waals surface area contributed by atoms with E-state index in [0.717, 1.165) is 4.90 Å². The summed E-state index contributed by atoms with van der Waals surface area (Å²) in [6.45, 7) is 1.16. The minimum Gasteiger partial charge on any atom is -0.481 e. The standard InChI is InChI=1S/C25H30N4O9/c1-16(30)38-15-17-6-8-18(9-7-17)27-21(32)14-26-25(37)19(13-24(35)36)28-20(31)5-3-2-4-12-29-22(33)10-11-23(29)34/h6-11,19H,2-5,12-15H2,1H3,(H,26,37)(H,27,32)(H,28,31)(H,35,36)/t19-/m0/s1. The van der Waals surface area contributed by atoms with E-state index in [-0.39, 0.29) is 31.4 Å². The first-order valence-corrected chi connectivity index (χ1v) is 11.9. The van der Waals surface area contributed by atoms with Gasteiger partial charge in [-0.2, -0.15) is 0 Å². The van der Waals surface area contributed by atoms with Crippen LogP contribution >= 0.6 is 0 Å². The first kappa shape index (κ1) is 29.7. The number of esters is 1. The molecule has 0 aliphatic carbocycles. The summed E-state index contributed by atoms with van der Waals surface area (Å²) in [6.07, 6.45) is 3.16. The third-order valence-corrected chi connectivity index (χ3v) is 5.32. The molecule has 38 heavy (non-hydrogen) atoms. The van der Waals surface area contributed by atoms with Gasteiger partial charge in [0.1, 0.15) is 12.6 Å². The van der Waals surface area contributed by atoms with E-state index in [0.29, 0.717) is 30.5 Å². The van der Waals surface area contributed by atoms with Crippen LogP contribution in [0.3, 0.4) is 0 Å². The molecule has 1 aliphatic rings. The van der Waals surface area contributed by atoms with Gasteiger partial charge in [-0.05, 0) is 30.5 Å². The van der Waals surface area contributed by atoms with E-state index in [1.54, 1.807) is 24.3 Å². The Kier molecular flexibility index (Phi) is 11.6. The molecule has 1 aromatic rings. The Bertz CT molecular complexity index is 1080. The number of carbonyl (C=O) groups is 7. The van der Waals surface area contributed by atoms with E-state index in [4.69, 9.17) is 9.84 Å². The molecule has 13 nitrogen and oxygen atoms in total. The highest BCUT2D eigenvalue weighted by molar-refractivity contribution is 6.12. The molecule has 0 saturated heterocycles. The van der Waals surface area contributed by atoms with E-state index < -0.39 is 48.7 Å². The van der Waals surface area contributed by atoms with Crippen molar-refractivity contribution in [2.45, 2.75) is 51.7 Å². The van der Waals surface area contributed by atoms with E-state index in [9.17, 15) is 33.6 Å². The number of hydrogen-bond donors (Lipinski definition) is 4. The van der Waals surface area contributed by atoms with Crippen LogP contribution in [0.1, 0.15) is 44.6 Å². The smallest absolute Gasteiger partial charge is 0.305 e. The molecule has 0 aromatic heterocycles. The summed E-state index contributed by atoms with van der Waals surface area (Å²) in [4.78, 5) is 83.0. The van der Waals surface area contributed by atoms with Gasteiger partial charge in [0.05, 0.1) is 13.0 Å². The Morgan fingerprint density at radius 1 is 0.947 bits per heavy atom. The molecule has 2 rings (SSSR count). The quantitative estimate of drug-likeness (QED) is 0.140. The Balaban J connectivity index is 1.73. The summed E-state index contributed by atoms with van der Waals surface area (Å²) < 4.78 is 4.88. The Morgan fingerprint density at radius 2 is 1.61 bits per heavy atom. The number of hydrogen-bond acceptors (Lipinski definition) is 8. The van der Waals surface area contributed by atoms with Crippen molar-refractivity contribution in [1.82, 2.24) is 15.5 Å². The molecule has 0 unspecified atom stereocenters. The number of aliphatic carboxylic acids is 1. The van der Waals surface area contributed by atoms with Crippen molar-refractivity contribution >= 4 is 47.2 Å². The fourth-order valence-electron chi connectivity index (χ4n) is 3.40. The summed E-state index contributed by atoms with van der Waals surface area (Å²) in [5, 5.41) is 16.3. The largest absolute Gasteiger partial charge is 0.481 e. The van der Waals surface area contributed by atoms with Crippen LogP contribution in [0.4, 0.5) is 5.69 Å². The van der Waals surface area contributed by atoms with Gasteiger partial charge in [0.25, 0.3) is 11.8 Å². The molecule has 1 heterocycles. The molecule has 1 atom stereocenters. The van der Waals surface area contributed by atoms with Gasteiger partial charge in [-0.1, -0.05) is 18.6 Å². The second-order valence-electron chi connectivity index (χ2n) is 8.43. The molecule has 13 heteroatoms. The molecule has 0 spiro atoms. The summed E-state index contributed by atoms with van der Waals surface area (Å²) >= 11 is 0. The van der Waals surface area contributed by atoms with Crippen LogP contribution in [-0.2, 0) is 44.9 Å². The second kappa shape index (κ2) is 14.9. The maximum atomic E-state index is 12.4. The van der Waals surface area contributed by atoms with Crippen molar-refractivity contribution in [2.75, 3.05) is 18.4 Å². The van der Waals surface area contributed by atoms with Gasteiger partial charge in [0.2, 0.25) is 17.7 Å². The van der Waals surface area contributed by atoms with Gasteiger partial charge >= 0.3 is 11.9 Å². The Labute approximate surface area is 218 Å². The van der Waals surface area contributed by atoms with Gasteiger partial charge in [0, 0.05) is 37.7 Å². The summed E-state index contributed by atoms with van der Waals surface area (Å²) in [5.41, 5.74) is 1.15. The lowest BCUT2D eigenvalue weighted by atomic mass is 10.1. The number of amides is 5. The van der Waals surface area contributed by atoms with Crippen LogP contribution in [0, 0.1) is 0 Å². The number of rotatable bonds is 15. The molecule has 5 amide bonds. The number of carboxylic acids is 1. The molecule has 0 radical (unpaired) electrons. The maximum absolute atomic E-state index is 12.4. The number of anilines is 1. The predicted molar refractivity (Wildman–Crippen MR) is 132 cm³/mol. The van der Waals surface area contributed by atoms with Gasteiger partial charge in [0.15, 0.2) is 0 Å². The molecule has 4 N–H and O–H groups in total. The third kappa shape index (κ3) is 10.6. The molecule has 0 fully saturated rings. The van der Waals surface area contributed by atoms with Crippen molar-refractivity contribution < 1.29 is 43.4 Å². The molecule has 0 saturated carbocycles. The number of ether oxygens (including phenoxy) is 1. The van der Waals surface area contributed by atoms with Gasteiger partial charge in [-0.3, -0.25) is 38.5 Å². The molecule has 1 aromatic carbocycles. The third-order valence-electron chi connectivity index (χ3n) is 5.32.